The molecule has 24 heavy (non-hydrogen) atoms. The molecule has 5 atom stereocenters. The number of carboxylic acid groups (broad SMARTS) is 2. The number of nitrogens with two attached hydrogens (primary N) is 1. The second kappa shape index (κ2) is 9.80. The van der Waals surface area contributed by atoms with E-state index < -0.39 is 60.5 Å². The fourth-order valence-corrected chi connectivity index (χ4v) is 1.66. The van der Waals surface area contributed by atoms with E-state index in [4.69, 9.17) is 15.9 Å². The van der Waals surface area contributed by atoms with Gasteiger partial charge in [-0.2, -0.15) is 0 Å². The molecular formula is C13H23N3O8. The Morgan fingerprint density at radius 2 is 1.50 bits per heavy atom. The lowest BCUT2D eigenvalue weighted by Crippen LogP contribution is -2.59. The van der Waals surface area contributed by atoms with Crippen molar-refractivity contribution in [2.45, 2.75) is 57.0 Å². The number of carboxylic acids is 2. The molecule has 0 rings (SSSR count). The third kappa shape index (κ3) is 7.35. The first kappa shape index (κ1) is 21.8. The van der Waals surface area contributed by atoms with Crippen LogP contribution in [0.1, 0.15) is 26.7 Å². The molecular weight excluding hydrogens is 326 g/mol. The fourth-order valence-electron chi connectivity index (χ4n) is 1.66. The molecule has 0 aliphatic carbocycles. The van der Waals surface area contributed by atoms with Gasteiger partial charge in [0.1, 0.15) is 18.1 Å². The van der Waals surface area contributed by atoms with Crippen LogP contribution < -0.4 is 16.4 Å². The van der Waals surface area contributed by atoms with Gasteiger partial charge in [-0.1, -0.05) is 0 Å². The van der Waals surface area contributed by atoms with Crippen LogP contribution in [0.4, 0.5) is 0 Å². The van der Waals surface area contributed by atoms with Crippen molar-refractivity contribution in [2.75, 3.05) is 0 Å². The smallest absolute Gasteiger partial charge is 0.326 e. The summed E-state index contributed by atoms with van der Waals surface area (Å²) < 4.78 is 0. The van der Waals surface area contributed by atoms with Gasteiger partial charge in [0.25, 0.3) is 0 Å². The highest BCUT2D eigenvalue weighted by atomic mass is 16.4. The van der Waals surface area contributed by atoms with Crippen LogP contribution in [0.3, 0.4) is 0 Å². The standard InChI is InChI=1S/C13H23N3O8/c1-5(17)9(14)11(21)16-10(6(2)18)12(22)15-7(13(23)24)3-4-8(19)20/h5-7,9-10,17-18H,3-4,14H2,1-2H3,(H,15,22)(H,16,21)(H,19,20)(H,23,24). The maximum Gasteiger partial charge on any atom is 0.326 e. The van der Waals surface area contributed by atoms with Crippen LogP contribution in [0.5, 0.6) is 0 Å². The third-order valence-electron chi connectivity index (χ3n) is 3.15. The Hall–Kier alpha value is -2.24. The lowest BCUT2D eigenvalue weighted by Gasteiger charge is -2.25. The van der Waals surface area contributed by atoms with E-state index in [1.807, 2.05) is 5.32 Å². The van der Waals surface area contributed by atoms with Gasteiger partial charge in [-0.15, -0.1) is 0 Å². The fraction of sp³-hybridized carbons (Fsp3) is 0.692. The molecule has 0 bridgehead atoms. The van der Waals surface area contributed by atoms with E-state index in [0.29, 0.717) is 0 Å². The summed E-state index contributed by atoms with van der Waals surface area (Å²) in [5.41, 5.74) is 5.40. The average Bonchev–Trinajstić information content (AvgIpc) is 2.46. The van der Waals surface area contributed by atoms with Crippen LogP contribution in [0.15, 0.2) is 0 Å². The Kier molecular flexibility index (Phi) is 8.89. The Morgan fingerprint density at radius 1 is 0.958 bits per heavy atom. The third-order valence-corrected chi connectivity index (χ3v) is 3.15. The van der Waals surface area contributed by atoms with Gasteiger partial charge in [-0.3, -0.25) is 14.4 Å². The number of hydrogen-bond donors (Lipinski definition) is 7. The normalized spacial score (nSPS) is 17.0. The highest BCUT2D eigenvalue weighted by Gasteiger charge is 2.31. The minimum absolute atomic E-state index is 0.371. The molecule has 2 amide bonds. The molecule has 0 spiro atoms. The number of hydrogen-bond acceptors (Lipinski definition) is 7. The Morgan fingerprint density at radius 3 is 1.88 bits per heavy atom. The van der Waals surface area contributed by atoms with Gasteiger partial charge in [0.05, 0.1) is 12.2 Å². The Bertz CT molecular complexity index is 480. The number of rotatable bonds is 10. The van der Waals surface area contributed by atoms with Gasteiger partial charge in [-0.25, -0.2) is 4.79 Å². The van der Waals surface area contributed by atoms with Crippen molar-refractivity contribution in [3.8, 4) is 0 Å². The Labute approximate surface area is 137 Å². The van der Waals surface area contributed by atoms with Crippen LogP contribution >= 0.6 is 0 Å². The van der Waals surface area contributed by atoms with Crippen LogP contribution in [0, 0.1) is 0 Å². The van der Waals surface area contributed by atoms with Crippen LogP contribution in [0.2, 0.25) is 0 Å². The second-order valence-electron chi connectivity index (χ2n) is 5.33. The highest BCUT2D eigenvalue weighted by Crippen LogP contribution is 2.02. The van der Waals surface area contributed by atoms with Crippen molar-refractivity contribution in [1.29, 1.82) is 0 Å². The molecule has 0 aliphatic heterocycles. The summed E-state index contributed by atoms with van der Waals surface area (Å²) in [6, 6.07) is -4.37. The first-order valence-electron chi connectivity index (χ1n) is 7.14. The molecule has 0 aromatic heterocycles. The molecule has 0 aromatic rings. The summed E-state index contributed by atoms with van der Waals surface area (Å²) in [4.78, 5) is 45.4. The summed E-state index contributed by atoms with van der Waals surface area (Å²) in [6.07, 6.45) is -3.45. The molecule has 5 unspecified atom stereocenters. The lowest BCUT2D eigenvalue weighted by molar-refractivity contribution is -0.144. The van der Waals surface area contributed by atoms with Crippen LogP contribution in [-0.4, -0.2) is 74.5 Å². The molecule has 0 fully saturated rings. The second-order valence-corrected chi connectivity index (χ2v) is 5.33. The number of carbonyl (C=O) groups excluding carboxylic acids is 2. The van der Waals surface area contributed by atoms with E-state index in [-0.39, 0.29) is 6.42 Å². The zero-order valence-electron chi connectivity index (χ0n) is 13.3. The van der Waals surface area contributed by atoms with E-state index in [2.05, 4.69) is 5.32 Å². The molecule has 11 nitrogen and oxygen atoms in total. The van der Waals surface area contributed by atoms with Crippen molar-refractivity contribution < 1.29 is 39.6 Å². The van der Waals surface area contributed by atoms with E-state index in [1.165, 1.54) is 13.8 Å². The topological polar surface area (TPSA) is 199 Å². The summed E-state index contributed by atoms with van der Waals surface area (Å²) >= 11 is 0. The maximum atomic E-state index is 12.1. The van der Waals surface area contributed by atoms with Crippen molar-refractivity contribution in [2.24, 2.45) is 5.73 Å². The molecule has 0 aromatic carbocycles. The largest absolute Gasteiger partial charge is 0.481 e. The molecule has 11 heteroatoms. The molecule has 0 saturated heterocycles. The van der Waals surface area contributed by atoms with E-state index >= 15 is 0 Å². The van der Waals surface area contributed by atoms with Gasteiger partial charge < -0.3 is 36.8 Å². The van der Waals surface area contributed by atoms with Gasteiger partial charge in [0.2, 0.25) is 11.8 Å². The van der Waals surface area contributed by atoms with Gasteiger partial charge >= 0.3 is 11.9 Å². The number of carbonyl (C=O) groups is 4. The van der Waals surface area contributed by atoms with Gasteiger partial charge in [-0.05, 0) is 20.3 Å². The van der Waals surface area contributed by atoms with E-state index in [1.54, 1.807) is 0 Å². The van der Waals surface area contributed by atoms with Crippen molar-refractivity contribution in [3.05, 3.63) is 0 Å². The lowest BCUT2D eigenvalue weighted by atomic mass is 10.1. The van der Waals surface area contributed by atoms with Crippen molar-refractivity contribution in [1.82, 2.24) is 10.6 Å². The minimum Gasteiger partial charge on any atom is -0.481 e. The first-order chi connectivity index (χ1) is 11.0. The van der Waals surface area contributed by atoms with Gasteiger partial charge in [0.15, 0.2) is 0 Å². The Balaban J connectivity index is 4.97. The average molecular weight is 349 g/mol. The molecule has 0 heterocycles. The van der Waals surface area contributed by atoms with Crippen molar-refractivity contribution >= 4 is 23.8 Å². The predicted octanol–water partition coefficient (Wildman–Crippen LogP) is -3.01. The van der Waals surface area contributed by atoms with E-state index in [9.17, 15) is 29.4 Å². The molecule has 138 valence electrons. The summed E-state index contributed by atoms with van der Waals surface area (Å²) in [6.45, 7) is 2.44. The number of aliphatic hydroxyl groups is 2. The molecule has 0 aliphatic rings. The van der Waals surface area contributed by atoms with E-state index in [0.717, 1.165) is 0 Å². The molecule has 0 radical (unpaired) electrons. The number of amides is 2. The van der Waals surface area contributed by atoms with Crippen LogP contribution in [-0.2, 0) is 19.2 Å². The SMILES string of the molecule is CC(O)C(N)C(=O)NC(C(=O)NC(CCC(=O)O)C(=O)O)C(C)O. The van der Waals surface area contributed by atoms with Crippen LogP contribution in [0.25, 0.3) is 0 Å². The molecule has 0 saturated carbocycles. The minimum atomic E-state index is -1.52. The quantitative estimate of drug-likeness (QED) is 0.214. The maximum absolute atomic E-state index is 12.1. The summed E-state index contributed by atoms with van der Waals surface area (Å²) in [5, 5.41) is 40.6. The predicted molar refractivity (Wildman–Crippen MR) is 79.7 cm³/mol. The molecule has 8 N–H and O–H groups in total. The summed E-state index contributed by atoms with van der Waals surface area (Å²) in [5.74, 6) is -4.63. The summed E-state index contributed by atoms with van der Waals surface area (Å²) in [7, 11) is 0. The van der Waals surface area contributed by atoms with Gasteiger partial charge in [0, 0.05) is 6.42 Å². The first-order valence-corrected chi connectivity index (χ1v) is 7.14. The highest BCUT2D eigenvalue weighted by molar-refractivity contribution is 5.92. The number of nitrogens with one attached hydrogen (secondary N) is 2. The zero-order valence-corrected chi connectivity index (χ0v) is 13.3. The monoisotopic (exact) mass is 349 g/mol. The zero-order chi connectivity index (χ0) is 19.0. The van der Waals surface area contributed by atoms with Crippen molar-refractivity contribution in [3.63, 3.8) is 0 Å². The number of aliphatic carboxylic acids is 2. The number of aliphatic hydroxyl groups excluding tert-OH is 2.